The van der Waals surface area contributed by atoms with Gasteiger partial charge in [0, 0.05) is 31.5 Å². The molecule has 0 spiro atoms. The minimum absolute atomic E-state index is 0.00308. The molecule has 31 heavy (non-hydrogen) atoms. The predicted octanol–water partition coefficient (Wildman–Crippen LogP) is 3.58. The maximum atomic E-state index is 13.5. The molecule has 1 aliphatic rings. The van der Waals surface area contributed by atoms with Crippen LogP contribution in [0.5, 0.6) is 17.2 Å². The highest BCUT2D eigenvalue weighted by atomic mass is 16.5. The van der Waals surface area contributed by atoms with Gasteiger partial charge in [0.1, 0.15) is 22.9 Å². The molecule has 2 aromatic carbocycles. The van der Waals surface area contributed by atoms with Gasteiger partial charge in [-0.2, -0.15) is 0 Å². The van der Waals surface area contributed by atoms with Gasteiger partial charge < -0.3 is 29.0 Å². The Labute approximate surface area is 180 Å². The van der Waals surface area contributed by atoms with Crippen LogP contribution in [0.3, 0.4) is 0 Å². The number of aryl methyl sites for hydroxylation is 1. The molecule has 162 valence electrons. The summed E-state index contributed by atoms with van der Waals surface area (Å²) in [7, 11) is 6.50. The van der Waals surface area contributed by atoms with Crippen LogP contribution in [0.2, 0.25) is 0 Å². The summed E-state index contributed by atoms with van der Waals surface area (Å²) in [4.78, 5) is 27.8. The molecule has 1 fully saturated rings. The zero-order valence-corrected chi connectivity index (χ0v) is 18.0. The Balaban J connectivity index is 1.86. The van der Waals surface area contributed by atoms with E-state index in [0.29, 0.717) is 47.3 Å². The van der Waals surface area contributed by atoms with Crippen LogP contribution in [-0.4, -0.2) is 44.3 Å². The smallest absolute Gasteiger partial charge is 0.274 e. The number of rotatable bonds is 6. The first-order chi connectivity index (χ1) is 15.0. The second-order valence-corrected chi connectivity index (χ2v) is 7.31. The Morgan fingerprint density at radius 2 is 1.71 bits per heavy atom. The van der Waals surface area contributed by atoms with Gasteiger partial charge in [0.15, 0.2) is 0 Å². The van der Waals surface area contributed by atoms with E-state index in [1.807, 2.05) is 25.2 Å². The molecule has 8 nitrogen and oxygen atoms in total. The Bertz CT molecular complexity index is 1170. The van der Waals surface area contributed by atoms with Crippen LogP contribution in [0.1, 0.15) is 23.3 Å². The molecule has 1 aromatic heterocycles. The molecule has 0 radical (unpaired) electrons. The first-order valence-electron chi connectivity index (χ1n) is 9.98. The molecular weight excluding hydrogens is 398 g/mol. The lowest BCUT2D eigenvalue weighted by Gasteiger charge is -2.18. The Morgan fingerprint density at radius 3 is 2.35 bits per heavy atom. The maximum Gasteiger partial charge on any atom is 0.274 e. The van der Waals surface area contributed by atoms with Crippen LogP contribution in [-0.2, 0) is 11.8 Å². The number of aromatic nitrogens is 1. The summed E-state index contributed by atoms with van der Waals surface area (Å²) in [6.07, 6.45) is 1.22. The topological polar surface area (TPSA) is 82.0 Å². The number of carbonyl (C=O) groups is 2. The number of nitrogens with zero attached hydrogens (tertiary/aromatic N) is 2. The Morgan fingerprint density at radius 1 is 1.00 bits per heavy atom. The summed E-state index contributed by atoms with van der Waals surface area (Å²) in [5.74, 6) is 1.41. The van der Waals surface area contributed by atoms with Crippen molar-refractivity contribution in [3.63, 3.8) is 0 Å². The highest BCUT2D eigenvalue weighted by Gasteiger charge is 2.31. The van der Waals surface area contributed by atoms with Gasteiger partial charge in [-0.05, 0) is 36.8 Å². The Hall–Kier alpha value is -3.68. The molecule has 0 aliphatic carbocycles. The van der Waals surface area contributed by atoms with Crippen molar-refractivity contribution in [1.29, 1.82) is 0 Å². The van der Waals surface area contributed by atoms with Gasteiger partial charge in [0.25, 0.3) is 5.91 Å². The van der Waals surface area contributed by atoms with Gasteiger partial charge in [-0.1, -0.05) is 0 Å². The lowest BCUT2D eigenvalue weighted by Crippen LogP contribution is -2.27. The third-order valence-electron chi connectivity index (χ3n) is 5.59. The van der Waals surface area contributed by atoms with Gasteiger partial charge >= 0.3 is 0 Å². The molecule has 2 heterocycles. The van der Waals surface area contributed by atoms with Gasteiger partial charge in [0.2, 0.25) is 5.91 Å². The van der Waals surface area contributed by atoms with Gasteiger partial charge in [-0.3, -0.25) is 9.59 Å². The molecule has 0 saturated carbocycles. The van der Waals surface area contributed by atoms with Gasteiger partial charge in [-0.25, -0.2) is 0 Å². The van der Waals surface area contributed by atoms with E-state index >= 15 is 0 Å². The Kier molecular flexibility index (Phi) is 5.46. The molecule has 1 N–H and O–H groups in total. The SMILES string of the molecule is COc1ccc(OC)c(NC(=O)c2c(N3CCCC3=O)c3cc(OC)ccc3n2C)c1. The number of ether oxygens (including phenoxy) is 3. The van der Waals surface area contributed by atoms with Gasteiger partial charge in [-0.15, -0.1) is 0 Å². The summed E-state index contributed by atoms with van der Waals surface area (Å²) in [6, 6.07) is 10.8. The summed E-state index contributed by atoms with van der Waals surface area (Å²) in [5.41, 5.74) is 2.30. The minimum Gasteiger partial charge on any atom is -0.497 e. The standard InChI is InChI=1S/C23H25N3O5/c1-25-18-9-7-14(29-2)12-16(18)21(26-11-5-6-20(26)27)22(25)23(28)24-17-13-15(30-3)8-10-19(17)31-4/h7-10,12-13H,5-6,11H2,1-4H3,(H,24,28). The van der Waals surface area contributed by atoms with Gasteiger partial charge in [0.05, 0.1) is 38.2 Å². The highest BCUT2D eigenvalue weighted by Crippen LogP contribution is 2.39. The monoisotopic (exact) mass is 423 g/mol. The fraction of sp³-hybridized carbons (Fsp3) is 0.304. The van der Waals surface area contributed by atoms with Crippen molar-refractivity contribution in [3.8, 4) is 17.2 Å². The van der Waals surface area contributed by atoms with Crippen molar-refractivity contribution in [2.75, 3.05) is 38.1 Å². The number of methoxy groups -OCH3 is 3. The van der Waals surface area contributed by atoms with Crippen molar-refractivity contribution < 1.29 is 23.8 Å². The summed E-state index contributed by atoms with van der Waals surface area (Å²) in [5, 5.41) is 3.72. The molecule has 0 atom stereocenters. The van der Waals surface area contributed by atoms with Crippen LogP contribution in [0.25, 0.3) is 10.9 Å². The second kappa shape index (κ2) is 8.22. The number of carbonyl (C=O) groups excluding carboxylic acids is 2. The highest BCUT2D eigenvalue weighted by molar-refractivity contribution is 6.17. The van der Waals surface area contributed by atoms with E-state index in [1.54, 1.807) is 41.9 Å². The molecule has 0 unspecified atom stereocenters. The van der Waals surface area contributed by atoms with Crippen molar-refractivity contribution in [3.05, 3.63) is 42.1 Å². The van der Waals surface area contributed by atoms with Crippen LogP contribution in [0, 0.1) is 0 Å². The van der Waals surface area contributed by atoms with Crippen molar-refractivity contribution in [1.82, 2.24) is 4.57 Å². The second-order valence-electron chi connectivity index (χ2n) is 7.31. The fourth-order valence-corrected chi connectivity index (χ4v) is 4.04. The van der Waals surface area contributed by atoms with Crippen molar-refractivity contribution in [2.45, 2.75) is 12.8 Å². The maximum absolute atomic E-state index is 13.5. The van der Waals surface area contributed by atoms with E-state index in [1.165, 1.54) is 7.11 Å². The largest absolute Gasteiger partial charge is 0.497 e. The average Bonchev–Trinajstić information content (AvgIpc) is 3.33. The van der Waals surface area contributed by atoms with Crippen LogP contribution >= 0.6 is 0 Å². The van der Waals surface area contributed by atoms with Crippen molar-refractivity contribution in [2.24, 2.45) is 7.05 Å². The molecule has 0 bridgehead atoms. The van der Waals surface area contributed by atoms with E-state index in [2.05, 4.69) is 5.32 Å². The molecule has 8 heteroatoms. The number of nitrogens with one attached hydrogen (secondary N) is 1. The summed E-state index contributed by atoms with van der Waals surface area (Å²) in [6.45, 7) is 0.567. The molecule has 4 rings (SSSR count). The minimum atomic E-state index is -0.348. The van der Waals surface area contributed by atoms with Crippen molar-refractivity contribution >= 4 is 34.1 Å². The third kappa shape index (κ3) is 3.54. The molecule has 1 aliphatic heterocycles. The van der Waals surface area contributed by atoms with E-state index in [-0.39, 0.29) is 11.8 Å². The van der Waals surface area contributed by atoms with Crippen LogP contribution < -0.4 is 24.4 Å². The summed E-state index contributed by atoms with van der Waals surface area (Å²) < 4.78 is 17.9. The van der Waals surface area contributed by atoms with Crippen LogP contribution in [0.4, 0.5) is 11.4 Å². The zero-order chi connectivity index (χ0) is 22.1. The van der Waals surface area contributed by atoms with E-state index in [4.69, 9.17) is 14.2 Å². The number of hydrogen-bond donors (Lipinski definition) is 1. The number of hydrogen-bond acceptors (Lipinski definition) is 5. The summed E-state index contributed by atoms with van der Waals surface area (Å²) >= 11 is 0. The van der Waals surface area contributed by atoms with E-state index in [9.17, 15) is 9.59 Å². The fourth-order valence-electron chi connectivity index (χ4n) is 4.04. The lowest BCUT2D eigenvalue weighted by molar-refractivity contribution is -0.117. The number of fused-ring (bicyclic) bond motifs is 1. The number of anilines is 2. The lowest BCUT2D eigenvalue weighted by atomic mass is 10.2. The quantitative estimate of drug-likeness (QED) is 0.655. The first kappa shape index (κ1) is 20.6. The zero-order valence-electron chi connectivity index (χ0n) is 18.0. The number of benzene rings is 2. The molecule has 1 saturated heterocycles. The molecule has 2 amide bonds. The molecule has 3 aromatic rings. The van der Waals surface area contributed by atoms with E-state index in [0.717, 1.165) is 17.3 Å². The normalized spacial score (nSPS) is 13.5. The van der Waals surface area contributed by atoms with Crippen LogP contribution in [0.15, 0.2) is 36.4 Å². The predicted molar refractivity (Wildman–Crippen MR) is 119 cm³/mol. The number of amides is 2. The molecular formula is C23H25N3O5. The third-order valence-corrected chi connectivity index (χ3v) is 5.59. The van der Waals surface area contributed by atoms with E-state index < -0.39 is 0 Å². The average molecular weight is 423 g/mol. The first-order valence-corrected chi connectivity index (χ1v) is 9.98.